The maximum Gasteiger partial charge on any atom is 0.286 e. The van der Waals surface area contributed by atoms with Gasteiger partial charge in [0.2, 0.25) is 5.91 Å². The van der Waals surface area contributed by atoms with Crippen LogP contribution in [-0.2, 0) is 21.6 Å². The highest BCUT2D eigenvalue weighted by molar-refractivity contribution is 7.94. The minimum absolute atomic E-state index is 0.0543. The van der Waals surface area contributed by atoms with Crippen LogP contribution in [-0.4, -0.2) is 47.7 Å². The number of hydroxylamine groups is 1. The average Bonchev–Trinajstić information content (AvgIpc) is 3.36. The average molecular weight is 599 g/mol. The maximum atomic E-state index is 13.9. The third-order valence-electron chi connectivity index (χ3n) is 6.23. The van der Waals surface area contributed by atoms with Crippen molar-refractivity contribution >= 4 is 33.1 Å². The van der Waals surface area contributed by atoms with Crippen LogP contribution < -0.4 is 10.8 Å². The molecule has 0 bridgehead atoms. The number of hydrogen-bond acceptors (Lipinski definition) is 7. The van der Waals surface area contributed by atoms with Crippen molar-refractivity contribution in [3.05, 3.63) is 107 Å². The number of benzene rings is 2. The Kier molecular flexibility index (Phi) is 10.2. The highest BCUT2D eigenvalue weighted by Crippen LogP contribution is 2.18. The number of pyridine rings is 1. The van der Waals surface area contributed by atoms with Gasteiger partial charge in [-0.25, -0.2) is 9.69 Å². The summed E-state index contributed by atoms with van der Waals surface area (Å²) >= 11 is 0. The van der Waals surface area contributed by atoms with E-state index in [0.29, 0.717) is 40.2 Å². The number of amides is 3. The van der Waals surface area contributed by atoms with Crippen molar-refractivity contribution in [1.29, 1.82) is 0 Å². The highest BCUT2D eigenvalue weighted by Gasteiger charge is 2.17. The monoisotopic (exact) mass is 598 g/mol. The number of anilines is 1. The normalized spacial score (nSPS) is 11.9. The van der Waals surface area contributed by atoms with Crippen molar-refractivity contribution in [3.63, 3.8) is 0 Å². The quantitative estimate of drug-likeness (QED) is 0.113. The van der Waals surface area contributed by atoms with Crippen LogP contribution >= 0.6 is 0 Å². The third-order valence-corrected chi connectivity index (χ3v) is 8.54. The summed E-state index contributed by atoms with van der Waals surface area (Å²) in [6.07, 6.45) is 3.60. The molecule has 2 heterocycles. The molecule has 1 unspecified atom stereocenters. The molecule has 220 valence electrons. The number of nitrogens with one attached hydrogen (secondary N) is 2. The molecule has 0 fully saturated rings. The molecular formula is C31H30N6O5S. The van der Waals surface area contributed by atoms with Gasteiger partial charge in [-0.3, -0.25) is 29.3 Å². The summed E-state index contributed by atoms with van der Waals surface area (Å²) in [5.74, 6) is 4.50. The molecule has 3 amide bonds. The van der Waals surface area contributed by atoms with Crippen LogP contribution in [0, 0.1) is 18.8 Å². The number of aromatic nitrogens is 3. The van der Waals surface area contributed by atoms with Crippen molar-refractivity contribution in [1.82, 2.24) is 20.2 Å². The van der Waals surface area contributed by atoms with Gasteiger partial charge in [0.15, 0.2) is 0 Å². The molecule has 0 aliphatic rings. The van der Waals surface area contributed by atoms with Gasteiger partial charge in [-0.1, -0.05) is 36.1 Å². The zero-order chi connectivity index (χ0) is 30.8. The molecule has 2 aromatic carbocycles. The van der Waals surface area contributed by atoms with Gasteiger partial charge < -0.3 is 5.32 Å². The fourth-order valence-electron chi connectivity index (χ4n) is 4.14. The van der Waals surface area contributed by atoms with E-state index in [2.05, 4.69) is 31.6 Å². The van der Waals surface area contributed by atoms with Crippen LogP contribution in [0.4, 0.5) is 5.69 Å². The molecule has 4 aromatic rings. The van der Waals surface area contributed by atoms with Gasteiger partial charge >= 0.3 is 0 Å². The van der Waals surface area contributed by atoms with Crippen LogP contribution in [0.5, 0.6) is 0 Å². The number of aryl methyl sites for hydroxylation is 2. The van der Waals surface area contributed by atoms with E-state index >= 15 is 0 Å². The summed E-state index contributed by atoms with van der Waals surface area (Å²) in [4.78, 5) is 41.6. The molecule has 4 rings (SSSR count). The van der Waals surface area contributed by atoms with E-state index in [1.807, 2.05) is 6.92 Å². The largest absolute Gasteiger partial charge is 0.321 e. The second-order valence-electron chi connectivity index (χ2n) is 9.59. The van der Waals surface area contributed by atoms with Gasteiger partial charge in [0.25, 0.3) is 11.8 Å². The number of carbonyl (C=O) groups is 3. The van der Waals surface area contributed by atoms with Crippen LogP contribution in [0.2, 0.25) is 0 Å². The highest BCUT2D eigenvalue weighted by atomic mass is 32.2. The molecule has 0 saturated heterocycles. The fourth-order valence-corrected chi connectivity index (χ4v) is 6.12. The van der Waals surface area contributed by atoms with E-state index < -0.39 is 21.5 Å². The van der Waals surface area contributed by atoms with E-state index in [1.165, 1.54) is 23.1 Å². The number of carbonyl (C=O) groups excluding carboxylic acids is 3. The van der Waals surface area contributed by atoms with E-state index in [-0.39, 0.29) is 23.6 Å². The summed E-state index contributed by atoms with van der Waals surface area (Å²) in [6.45, 7) is 1.81. The molecule has 12 heteroatoms. The molecule has 0 aliphatic heterocycles. The van der Waals surface area contributed by atoms with Gasteiger partial charge in [-0.2, -0.15) is 9.46 Å². The van der Waals surface area contributed by atoms with Crippen LogP contribution in [0.3, 0.4) is 0 Å². The molecular weight excluding hydrogens is 568 g/mol. The smallest absolute Gasteiger partial charge is 0.286 e. The molecule has 0 saturated carbocycles. The predicted molar refractivity (Wildman–Crippen MR) is 161 cm³/mol. The Balaban J connectivity index is 1.52. The van der Waals surface area contributed by atoms with E-state index in [1.54, 1.807) is 73.2 Å². The van der Waals surface area contributed by atoms with Crippen LogP contribution in [0.15, 0.2) is 88.4 Å². The second-order valence-corrected chi connectivity index (χ2v) is 11.9. The van der Waals surface area contributed by atoms with Crippen molar-refractivity contribution < 1.29 is 23.8 Å². The molecule has 0 aliphatic carbocycles. The first-order chi connectivity index (χ1) is 20.7. The lowest BCUT2D eigenvalue weighted by Gasteiger charge is -2.10. The molecule has 0 spiro atoms. The second kappa shape index (κ2) is 14.2. The van der Waals surface area contributed by atoms with Gasteiger partial charge in [-0.05, 0) is 62.2 Å². The summed E-state index contributed by atoms with van der Waals surface area (Å²) in [5, 5.41) is 15.7. The van der Waals surface area contributed by atoms with Crippen molar-refractivity contribution in [2.45, 2.75) is 31.1 Å². The Morgan fingerprint density at radius 1 is 0.977 bits per heavy atom. The minimum Gasteiger partial charge on any atom is -0.321 e. The molecule has 1 atom stereocenters. The summed E-state index contributed by atoms with van der Waals surface area (Å²) in [7, 11) is -1.45. The first-order valence-electron chi connectivity index (χ1n) is 13.3. The van der Waals surface area contributed by atoms with E-state index in [4.69, 9.17) is 5.21 Å². The topological polar surface area (TPSA) is 156 Å². The Labute approximate surface area is 249 Å². The standard InChI is InChI=1S/C31H30N6O5S/c1-22-17-28(37(2)34-22)31(40)33-26-10-8-9-23(19-26)14-15-24-18-25(21-32-20-24)30(39)36-43(42,27-11-4-3-5-12-27)16-7-6-13-29(38)35-41/h3-5,8-12,17-21,41H,6-7,13,16H2,1-2H3,(H,33,40)(H,35,38). The number of nitrogens with zero attached hydrogens (tertiary/aromatic N) is 4. The Bertz CT molecular complexity index is 1830. The SMILES string of the molecule is Cc1cc(C(=O)Nc2cccc(C#Cc3cncc(C(=O)N=S(=O)(CCCCC(=O)NO)c4ccccc4)c3)c2)n(C)n1. The first-order valence-corrected chi connectivity index (χ1v) is 15.0. The van der Waals surface area contributed by atoms with Crippen molar-refractivity contribution in [2.24, 2.45) is 11.4 Å². The Hall–Kier alpha value is -5.12. The summed E-state index contributed by atoms with van der Waals surface area (Å²) in [5.41, 5.74) is 4.49. The zero-order valence-corrected chi connectivity index (χ0v) is 24.4. The zero-order valence-electron chi connectivity index (χ0n) is 23.6. The predicted octanol–water partition coefficient (Wildman–Crippen LogP) is 4.12. The molecule has 3 N–H and O–H groups in total. The number of rotatable bonds is 9. The van der Waals surface area contributed by atoms with Crippen LogP contribution in [0.25, 0.3) is 0 Å². The molecule has 11 nitrogen and oxygen atoms in total. The van der Waals surface area contributed by atoms with Crippen molar-refractivity contribution in [3.8, 4) is 11.8 Å². The minimum atomic E-state index is -3.15. The lowest BCUT2D eigenvalue weighted by atomic mass is 10.1. The lowest BCUT2D eigenvalue weighted by molar-refractivity contribution is -0.129. The van der Waals surface area contributed by atoms with Crippen LogP contribution in [0.1, 0.15) is 56.9 Å². The van der Waals surface area contributed by atoms with Crippen molar-refractivity contribution in [2.75, 3.05) is 11.1 Å². The van der Waals surface area contributed by atoms with E-state index in [0.717, 1.165) is 5.69 Å². The maximum absolute atomic E-state index is 13.9. The van der Waals surface area contributed by atoms with Gasteiger partial charge in [0.05, 0.1) is 21.0 Å². The van der Waals surface area contributed by atoms with Gasteiger partial charge in [0.1, 0.15) is 5.69 Å². The number of hydrogen-bond donors (Lipinski definition) is 3. The molecule has 2 aromatic heterocycles. The lowest BCUT2D eigenvalue weighted by Crippen LogP contribution is -2.18. The summed E-state index contributed by atoms with van der Waals surface area (Å²) < 4.78 is 19.5. The van der Waals surface area contributed by atoms with Gasteiger partial charge in [-0.15, -0.1) is 0 Å². The molecule has 0 radical (unpaired) electrons. The molecule has 43 heavy (non-hydrogen) atoms. The first kappa shape index (κ1) is 30.8. The third kappa shape index (κ3) is 8.45. The fraction of sp³-hybridized carbons (Fsp3) is 0.194. The van der Waals surface area contributed by atoms with E-state index in [9.17, 15) is 18.6 Å². The van der Waals surface area contributed by atoms with Gasteiger partial charge in [0, 0.05) is 53.3 Å². The Morgan fingerprint density at radius 2 is 1.74 bits per heavy atom. The Morgan fingerprint density at radius 3 is 2.47 bits per heavy atom. The number of unbranched alkanes of at least 4 members (excludes halogenated alkanes) is 1. The summed E-state index contributed by atoms with van der Waals surface area (Å²) in [6, 6.07) is 18.7.